The lowest BCUT2D eigenvalue weighted by molar-refractivity contribution is 0.0193. The van der Waals surface area contributed by atoms with E-state index in [2.05, 4.69) is 6.58 Å². The quantitative estimate of drug-likeness (QED) is 0.413. The molecule has 0 atom stereocenters. The van der Waals surface area contributed by atoms with Gasteiger partial charge in [-0.25, -0.2) is 0 Å². The molecule has 0 unspecified atom stereocenters. The Morgan fingerprint density at radius 2 is 2.12 bits per heavy atom. The second-order valence-electron chi connectivity index (χ2n) is 1.41. The molecule has 0 fully saturated rings. The summed E-state index contributed by atoms with van der Waals surface area (Å²) in [6.07, 6.45) is 0. The normalized spacial score (nSPS) is 10.4. The molecule has 1 nitrogen and oxygen atoms in total. The maximum absolute atomic E-state index is 11.7. The molecular formula is C5H6F2O. The third-order valence-electron chi connectivity index (χ3n) is 0.583. The first-order chi connectivity index (χ1) is 3.48. The Morgan fingerprint density at radius 3 is 2.12 bits per heavy atom. The fourth-order valence-electron chi connectivity index (χ4n) is 0.155. The molecule has 0 aliphatic carbocycles. The van der Waals surface area contributed by atoms with E-state index in [4.69, 9.17) is 5.11 Å². The third-order valence-corrected chi connectivity index (χ3v) is 0.583. The van der Waals surface area contributed by atoms with Gasteiger partial charge in [-0.1, -0.05) is 12.3 Å². The first-order valence-electron chi connectivity index (χ1n) is 1.96. The maximum Gasteiger partial charge on any atom is 0.308 e. The number of rotatable bonds is 1. The molecule has 0 aliphatic heterocycles. The summed E-state index contributed by atoms with van der Waals surface area (Å²) >= 11 is 0. The van der Waals surface area contributed by atoms with Crippen molar-refractivity contribution in [3.63, 3.8) is 0 Å². The minimum Gasteiger partial charge on any atom is -0.500 e. The van der Waals surface area contributed by atoms with Crippen molar-refractivity contribution in [2.45, 2.75) is 12.8 Å². The summed E-state index contributed by atoms with van der Waals surface area (Å²) in [4.78, 5) is 0. The highest BCUT2D eigenvalue weighted by molar-refractivity contribution is 4.97. The van der Waals surface area contributed by atoms with Crippen molar-refractivity contribution in [2.24, 2.45) is 0 Å². The highest BCUT2D eigenvalue weighted by Crippen LogP contribution is 2.18. The molecule has 46 valence electrons. The minimum atomic E-state index is -3.19. The van der Waals surface area contributed by atoms with E-state index in [0.29, 0.717) is 6.92 Å². The monoisotopic (exact) mass is 120 g/mol. The van der Waals surface area contributed by atoms with E-state index in [1.165, 1.54) is 0 Å². The lowest BCUT2D eigenvalue weighted by Crippen LogP contribution is -2.11. The molecular weight excluding hydrogens is 114 g/mol. The van der Waals surface area contributed by atoms with Gasteiger partial charge in [0.15, 0.2) is 0 Å². The molecule has 0 aromatic heterocycles. The summed E-state index contributed by atoms with van der Waals surface area (Å²) in [5, 5.41) is 8.19. The lowest BCUT2D eigenvalue weighted by Gasteiger charge is -2.04. The van der Waals surface area contributed by atoms with Crippen LogP contribution in [0.25, 0.3) is 0 Å². The smallest absolute Gasteiger partial charge is 0.308 e. The molecule has 3 heteroatoms. The Bertz CT molecular complexity index is 128. The number of hydrogen-bond donors (Lipinski definition) is 1. The predicted octanol–water partition coefficient (Wildman–Crippen LogP) is 1.87. The Labute approximate surface area is 45.9 Å². The van der Waals surface area contributed by atoms with Crippen molar-refractivity contribution in [3.8, 4) is 0 Å². The Morgan fingerprint density at radius 1 is 1.75 bits per heavy atom. The van der Waals surface area contributed by atoms with Crippen molar-refractivity contribution < 1.29 is 13.9 Å². The maximum atomic E-state index is 11.7. The van der Waals surface area contributed by atoms with Crippen LogP contribution in [0.15, 0.2) is 18.1 Å². The van der Waals surface area contributed by atoms with Gasteiger partial charge in [0.1, 0.15) is 0 Å². The number of allylic oxidation sites excluding steroid dienone is 1. The molecule has 0 saturated carbocycles. The van der Waals surface area contributed by atoms with Gasteiger partial charge in [-0.05, 0) is 0 Å². The minimum absolute atomic E-state index is 0.570. The van der Waals surface area contributed by atoms with E-state index in [9.17, 15) is 8.78 Å². The fourth-order valence-corrected chi connectivity index (χ4v) is 0.155. The van der Waals surface area contributed by atoms with Gasteiger partial charge in [-0.15, -0.1) is 0 Å². The first kappa shape index (κ1) is 7.18. The third kappa shape index (κ3) is 1.76. The van der Waals surface area contributed by atoms with E-state index >= 15 is 0 Å². The van der Waals surface area contributed by atoms with Crippen LogP contribution in [0, 0.1) is 0 Å². The summed E-state index contributed by atoms with van der Waals surface area (Å²) in [5.41, 5.74) is 1.68. The van der Waals surface area contributed by atoms with Crippen LogP contribution >= 0.6 is 0 Å². The van der Waals surface area contributed by atoms with Gasteiger partial charge in [-0.2, -0.15) is 8.78 Å². The average molecular weight is 120 g/mol. The van der Waals surface area contributed by atoms with Crippen LogP contribution in [0.1, 0.15) is 6.92 Å². The predicted molar refractivity (Wildman–Crippen MR) is 25.9 cm³/mol. The number of halogens is 2. The molecule has 0 aromatic rings. The van der Waals surface area contributed by atoms with Gasteiger partial charge in [0.2, 0.25) is 5.76 Å². The largest absolute Gasteiger partial charge is 0.500 e. The Balaban J connectivity index is 4.26. The second kappa shape index (κ2) is 1.97. The number of alkyl halides is 2. The summed E-state index contributed by atoms with van der Waals surface area (Å²) in [7, 11) is 0. The first-order valence-corrected chi connectivity index (χ1v) is 1.96. The van der Waals surface area contributed by atoms with E-state index in [1.54, 1.807) is 5.73 Å². The van der Waals surface area contributed by atoms with Gasteiger partial charge in [-0.3, -0.25) is 0 Å². The number of hydrogen-bond acceptors (Lipinski definition) is 1. The van der Waals surface area contributed by atoms with Crippen molar-refractivity contribution in [1.82, 2.24) is 0 Å². The van der Waals surface area contributed by atoms with Crippen molar-refractivity contribution >= 4 is 0 Å². The molecule has 0 aromatic carbocycles. The molecule has 0 amide bonds. The van der Waals surface area contributed by atoms with E-state index in [1.807, 2.05) is 0 Å². The molecule has 0 aliphatic rings. The molecule has 0 radical (unpaired) electrons. The van der Waals surface area contributed by atoms with Crippen LogP contribution in [-0.2, 0) is 0 Å². The van der Waals surface area contributed by atoms with Crippen LogP contribution < -0.4 is 0 Å². The summed E-state index contributed by atoms with van der Waals surface area (Å²) < 4.78 is 23.5. The van der Waals surface area contributed by atoms with Crippen LogP contribution in [-0.4, -0.2) is 11.0 Å². The van der Waals surface area contributed by atoms with Crippen LogP contribution in [0.2, 0.25) is 0 Å². The highest BCUT2D eigenvalue weighted by Gasteiger charge is 2.26. The lowest BCUT2D eigenvalue weighted by atomic mass is 10.3. The zero-order valence-electron chi connectivity index (χ0n) is 4.41. The van der Waals surface area contributed by atoms with Crippen molar-refractivity contribution in [3.05, 3.63) is 18.1 Å². The van der Waals surface area contributed by atoms with Gasteiger partial charge in [0.05, 0.1) is 0 Å². The zero-order valence-corrected chi connectivity index (χ0v) is 4.41. The standard InChI is InChI=1S/C5H6F2O/c1-3-4(8)5(2,6)7/h8H,1H2,2H3. The van der Waals surface area contributed by atoms with Gasteiger partial charge in [0.25, 0.3) is 0 Å². The average Bonchev–Trinajstić information content (AvgIpc) is 1.62. The number of aliphatic hydroxyl groups excluding tert-OH is 1. The molecule has 0 spiro atoms. The molecule has 0 rings (SSSR count). The molecule has 0 heterocycles. The van der Waals surface area contributed by atoms with Gasteiger partial charge < -0.3 is 5.11 Å². The molecule has 0 saturated heterocycles. The van der Waals surface area contributed by atoms with Gasteiger partial charge in [0, 0.05) is 6.92 Å². The Kier molecular flexibility index (Phi) is 1.77. The van der Waals surface area contributed by atoms with Crippen LogP contribution in [0.4, 0.5) is 8.78 Å². The topological polar surface area (TPSA) is 20.2 Å². The van der Waals surface area contributed by atoms with Crippen molar-refractivity contribution in [1.29, 1.82) is 0 Å². The fraction of sp³-hybridized carbons (Fsp3) is 0.400. The zero-order chi connectivity index (χ0) is 6.78. The molecule has 8 heavy (non-hydrogen) atoms. The molecule has 0 bridgehead atoms. The van der Waals surface area contributed by atoms with Gasteiger partial charge >= 0.3 is 5.92 Å². The SMILES string of the molecule is C=C=C(O)C(C)(F)F. The van der Waals surface area contributed by atoms with E-state index in [0.717, 1.165) is 0 Å². The Hall–Kier alpha value is -0.820. The summed E-state index contributed by atoms with van der Waals surface area (Å²) in [6, 6.07) is 0. The van der Waals surface area contributed by atoms with Crippen LogP contribution in [0.3, 0.4) is 0 Å². The van der Waals surface area contributed by atoms with E-state index < -0.39 is 11.7 Å². The van der Waals surface area contributed by atoms with E-state index in [-0.39, 0.29) is 0 Å². The summed E-state index contributed by atoms with van der Waals surface area (Å²) in [6.45, 7) is 3.40. The molecule has 1 N–H and O–H groups in total. The highest BCUT2D eigenvalue weighted by atomic mass is 19.3. The van der Waals surface area contributed by atoms with Crippen molar-refractivity contribution in [2.75, 3.05) is 0 Å². The summed E-state index contributed by atoms with van der Waals surface area (Å²) in [5.74, 6) is -4.31. The number of aliphatic hydroxyl groups is 1. The second-order valence-corrected chi connectivity index (χ2v) is 1.41. The van der Waals surface area contributed by atoms with Crippen LogP contribution in [0.5, 0.6) is 0 Å².